The minimum atomic E-state index is -0.881. The highest BCUT2D eigenvalue weighted by Gasteiger charge is 2.18. The van der Waals surface area contributed by atoms with Crippen molar-refractivity contribution in [2.24, 2.45) is 0 Å². The Morgan fingerprint density at radius 1 is 0.342 bits per heavy atom. The van der Waals surface area contributed by atoms with Gasteiger partial charge in [0.2, 0.25) is 5.91 Å². The molecule has 0 aliphatic carbocycles. The molecular formula is C69H119NO3. The second-order valence-corrected chi connectivity index (χ2v) is 20.7. The molecule has 0 aromatic rings. The van der Waals surface area contributed by atoms with Gasteiger partial charge < -0.3 is 15.5 Å². The second kappa shape index (κ2) is 63.1. The third-order valence-corrected chi connectivity index (χ3v) is 13.7. The molecule has 0 aromatic carbocycles. The number of carbonyl (C=O) groups excluding carboxylic acids is 1. The molecule has 2 atom stereocenters. The lowest BCUT2D eigenvalue weighted by Crippen LogP contribution is -2.45. The van der Waals surface area contributed by atoms with Crippen LogP contribution < -0.4 is 5.32 Å². The zero-order chi connectivity index (χ0) is 52.7. The highest BCUT2D eigenvalue weighted by atomic mass is 16.3. The normalized spacial score (nSPS) is 13.6. The van der Waals surface area contributed by atoms with Gasteiger partial charge in [0, 0.05) is 6.42 Å². The number of allylic oxidation sites excluding steroid dienone is 19. The number of hydrogen-bond donors (Lipinski definition) is 3. The molecule has 4 nitrogen and oxygen atoms in total. The fourth-order valence-electron chi connectivity index (χ4n) is 8.96. The lowest BCUT2D eigenvalue weighted by molar-refractivity contribution is -0.123. The summed E-state index contributed by atoms with van der Waals surface area (Å²) in [7, 11) is 0. The molecule has 0 bridgehead atoms. The molecule has 0 radical (unpaired) electrons. The maximum Gasteiger partial charge on any atom is 0.220 e. The first kappa shape index (κ1) is 69.8. The first-order valence-electron chi connectivity index (χ1n) is 31.2. The summed E-state index contributed by atoms with van der Waals surface area (Å²) in [6.45, 7) is 4.19. The van der Waals surface area contributed by atoms with Crippen LogP contribution in [0.3, 0.4) is 0 Å². The van der Waals surface area contributed by atoms with Crippen LogP contribution in [0.1, 0.15) is 290 Å². The van der Waals surface area contributed by atoms with E-state index in [0.717, 1.165) is 89.9 Å². The summed E-state index contributed by atoms with van der Waals surface area (Å²) in [6.07, 6.45) is 96.7. The van der Waals surface area contributed by atoms with E-state index >= 15 is 0 Å². The molecule has 2 unspecified atom stereocenters. The molecular weight excluding hydrogens is 891 g/mol. The molecule has 0 heterocycles. The fraction of sp³-hybridized carbons (Fsp3) is 0.696. The number of nitrogens with one attached hydrogen (secondary N) is 1. The molecule has 0 saturated carbocycles. The Morgan fingerprint density at radius 3 is 0.959 bits per heavy atom. The summed E-state index contributed by atoms with van der Waals surface area (Å²) < 4.78 is 0. The van der Waals surface area contributed by atoms with Crippen LogP contribution in [0.25, 0.3) is 0 Å². The van der Waals surface area contributed by atoms with Gasteiger partial charge in [0.05, 0.1) is 18.8 Å². The summed E-state index contributed by atoms with van der Waals surface area (Å²) >= 11 is 0. The van der Waals surface area contributed by atoms with Crippen molar-refractivity contribution in [1.29, 1.82) is 0 Å². The van der Waals surface area contributed by atoms with Crippen LogP contribution in [0, 0.1) is 0 Å². The molecule has 0 fully saturated rings. The summed E-state index contributed by atoms with van der Waals surface area (Å²) in [5, 5.41) is 23.2. The largest absolute Gasteiger partial charge is 0.394 e. The van der Waals surface area contributed by atoms with Crippen molar-refractivity contribution in [3.8, 4) is 0 Å². The van der Waals surface area contributed by atoms with Crippen LogP contribution >= 0.6 is 0 Å². The lowest BCUT2D eigenvalue weighted by Gasteiger charge is -2.19. The van der Waals surface area contributed by atoms with Crippen molar-refractivity contribution in [3.63, 3.8) is 0 Å². The minimum Gasteiger partial charge on any atom is -0.394 e. The molecule has 418 valence electrons. The van der Waals surface area contributed by atoms with Gasteiger partial charge in [0.1, 0.15) is 0 Å². The second-order valence-electron chi connectivity index (χ2n) is 20.7. The number of hydrogen-bond acceptors (Lipinski definition) is 3. The minimum absolute atomic E-state index is 0.0840. The maximum absolute atomic E-state index is 12.5. The van der Waals surface area contributed by atoms with Gasteiger partial charge in [-0.3, -0.25) is 4.79 Å². The van der Waals surface area contributed by atoms with Crippen LogP contribution in [0.5, 0.6) is 0 Å². The Hall–Kier alpha value is -3.21. The monoisotopic (exact) mass is 1010 g/mol. The van der Waals surface area contributed by atoms with Crippen LogP contribution in [0.4, 0.5) is 0 Å². The van der Waals surface area contributed by atoms with Crippen molar-refractivity contribution in [2.75, 3.05) is 6.61 Å². The number of rotatable bonds is 56. The maximum atomic E-state index is 12.5. The standard InChI is InChI=1S/C69H119NO3/c1-3-5-7-9-11-13-15-17-19-21-23-25-27-29-31-33-34-35-36-37-39-41-43-45-47-49-51-53-55-57-59-61-63-65-69(73)70-67(66-71)68(72)64-62-60-58-56-54-52-50-48-46-44-42-40-38-32-30-28-26-24-22-20-18-16-14-12-10-8-6-4-2/h5,7,11,13,17,19,23,25,29,31,34-35,37,39,46,48,54,56,62,64,67-68,71-72H,3-4,6,8-10,12,14-16,18,20-22,24,26-28,30,32-33,36,38,40-45,47,49-53,55,57-61,63,65-66H2,1-2H3,(H,70,73)/b7-5-,13-11-,19-17-,25-23-,31-29-,35-34-,39-37-,48-46+,56-54+,64-62+. The van der Waals surface area contributed by atoms with E-state index in [2.05, 4.69) is 129 Å². The molecule has 0 spiro atoms. The highest BCUT2D eigenvalue weighted by Crippen LogP contribution is 2.16. The van der Waals surface area contributed by atoms with E-state index in [1.165, 1.54) is 180 Å². The zero-order valence-corrected chi connectivity index (χ0v) is 48.1. The average molecular weight is 1010 g/mol. The quantitative estimate of drug-likeness (QED) is 0.0420. The molecule has 0 aromatic heterocycles. The van der Waals surface area contributed by atoms with E-state index in [4.69, 9.17) is 0 Å². The van der Waals surface area contributed by atoms with Crippen molar-refractivity contribution in [1.82, 2.24) is 5.32 Å². The summed E-state index contributed by atoms with van der Waals surface area (Å²) in [5.41, 5.74) is 0. The van der Waals surface area contributed by atoms with Gasteiger partial charge >= 0.3 is 0 Å². The smallest absolute Gasteiger partial charge is 0.220 e. The van der Waals surface area contributed by atoms with E-state index in [9.17, 15) is 15.0 Å². The molecule has 1 amide bonds. The lowest BCUT2D eigenvalue weighted by atomic mass is 10.0. The topological polar surface area (TPSA) is 69.6 Å². The van der Waals surface area contributed by atoms with E-state index in [-0.39, 0.29) is 12.5 Å². The van der Waals surface area contributed by atoms with Gasteiger partial charge in [-0.15, -0.1) is 0 Å². The van der Waals surface area contributed by atoms with Crippen LogP contribution in [-0.4, -0.2) is 34.9 Å². The van der Waals surface area contributed by atoms with Crippen molar-refractivity contribution in [3.05, 3.63) is 122 Å². The van der Waals surface area contributed by atoms with Crippen LogP contribution in [0.15, 0.2) is 122 Å². The molecule has 4 heteroatoms. The Balaban J connectivity index is 3.60. The zero-order valence-electron chi connectivity index (χ0n) is 48.1. The van der Waals surface area contributed by atoms with Crippen molar-refractivity contribution >= 4 is 5.91 Å². The SMILES string of the molecule is CC/C=C\C/C=C\C/C=C\C/C=C\C/C=C\C/C=C\C/C=C\CCCCCCCCCCCCCC(=O)NC(CO)C(O)/C=C/CC/C=C/CC/C=C/CCCCCCCCCCCCCCCCCCCC. The van der Waals surface area contributed by atoms with Crippen LogP contribution in [0.2, 0.25) is 0 Å². The van der Waals surface area contributed by atoms with Crippen molar-refractivity contribution in [2.45, 2.75) is 302 Å². The molecule has 0 aliphatic heterocycles. The van der Waals surface area contributed by atoms with E-state index in [1.807, 2.05) is 6.08 Å². The predicted octanol–water partition coefficient (Wildman–Crippen LogP) is 21.2. The molecule has 73 heavy (non-hydrogen) atoms. The Morgan fingerprint density at radius 2 is 0.616 bits per heavy atom. The Labute approximate surface area is 454 Å². The highest BCUT2D eigenvalue weighted by molar-refractivity contribution is 5.76. The number of aliphatic hydroxyl groups excluding tert-OH is 2. The molecule has 3 N–H and O–H groups in total. The average Bonchev–Trinajstić information content (AvgIpc) is 3.40. The van der Waals surface area contributed by atoms with Gasteiger partial charge in [-0.05, 0) is 103 Å². The van der Waals surface area contributed by atoms with Gasteiger partial charge in [0.25, 0.3) is 0 Å². The first-order chi connectivity index (χ1) is 36.2. The van der Waals surface area contributed by atoms with E-state index in [0.29, 0.717) is 6.42 Å². The number of unbranched alkanes of at least 4 members (excludes halogenated alkanes) is 31. The summed E-state index contributed by atoms with van der Waals surface area (Å²) in [4.78, 5) is 12.5. The third-order valence-electron chi connectivity index (χ3n) is 13.7. The van der Waals surface area contributed by atoms with E-state index in [1.54, 1.807) is 6.08 Å². The molecule has 0 rings (SSSR count). The molecule has 0 saturated heterocycles. The number of carbonyl (C=O) groups is 1. The summed E-state index contributed by atoms with van der Waals surface area (Å²) in [5.74, 6) is -0.0840. The Kier molecular flexibility index (Phi) is 60.3. The summed E-state index contributed by atoms with van der Waals surface area (Å²) in [6, 6.07) is -0.657. The van der Waals surface area contributed by atoms with Crippen molar-refractivity contribution < 1.29 is 15.0 Å². The van der Waals surface area contributed by atoms with E-state index < -0.39 is 12.1 Å². The fourth-order valence-corrected chi connectivity index (χ4v) is 8.96. The number of amides is 1. The van der Waals surface area contributed by atoms with Gasteiger partial charge in [0.15, 0.2) is 0 Å². The Bertz CT molecular complexity index is 1420. The van der Waals surface area contributed by atoms with Gasteiger partial charge in [-0.2, -0.15) is 0 Å². The third kappa shape index (κ3) is 59.5. The first-order valence-corrected chi connectivity index (χ1v) is 31.2. The van der Waals surface area contributed by atoms with Gasteiger partial charge in [-0.25, -0.2) is 0 Å². The van der Waals surface area contributed by atoms with Gasteiger partial charge in [-0.1, -0.05) is 302 Å². The molecule has 0 aliphatic rings. The van der Waals surface area contributed by atoms with Crippen LogP contribution in [-0.2, 0) is 4.79 Å². The number of aliphatic hydroxyl groups is 2. The predicted molar refractivity (Wildman–Crippen MR) is 326 cm³/mol.